The summed E-state index contributed by atoms with van der Waals surface area (Å²) in [4.78, 5) is 13.4. The van der Waals surface area contributed by atoms with Crippen LogP contribution in [0.2, 0.25) is 0 Å². The molecule has 0 aromatic heterocycles. The Bertz CT molecular complexity index is 682. The maximum absolute atomic E-state index is 13.6. The molecule has 0 atom stereocenters. The van der Waals surface area contributed by atoms with Gasteiger partial charge in [0.05, 0.1) is 5.56 Å². The average molecular weight is 287 g/mol. The summed E-state index contributed by atoms with van der Waals surface area (Å²) in [7, 11) is 1.86. The van der Waals surface area contributed by atoms with Crippen molar-refractivity contribution in [2.75, 3.05) is 11.9 Å². The molecule has 1 N–H and O–H groups in total. The van der Waals surface area contributed by atoms with Crippen LogP contribution in [-0.4, -0.2) is 17.9 Å². The average Bonchev–Trinajstić information content (AvgIpc) is 2.42. The van der Waals surface area contributed by atoms with Crippen molar-refractivity contribution in [1.82, 2.24) is 0 Å². The zero-order valence-electron chi connectivity index (χ0n) is 12.4. The van der Waals surface area contributed by atoms with Crippen LogP contribution in [0, 0.1) is 12.7 Å². The minimum Gasteiger partial charge on any atom is -0.507 e. The fraction of sp³-hybridized carbons (Fsp3) is 0.235. The smallest absolute Gasteiger partial charge is 0.163 e. The van der Waals surface area contributed by atoms with Crippen LogP contribution < -0.4 is 4.90 Å². The van der Waals surface area contributed by atoms with Gasteiger partial charge in [0.25, 0.3) is 0 Å². The number of hydrogen-bond acceptors (Lipinski definition) is 3. The maximum atomic E-state index is 13.6. The number of aryl methyl sites for hydroxylation is 1. The molecule has 2 aromatic rings. The number of carbonyl (C=O) groups excluding carboxylic acids is 1. The lowest BCUT2D eigenvalue weighted by Crippen LogP contribution is -2.18. The second kappa shape index (κ2) is 5.95. The van der Waals surface area contributed by atoms with Gasteiger partial charge in [-0.1, -0.05) is 18.2 Å². The van der Waals surface area contributed by atoms with Crippen LogP contribution in [0.1, 0.15) is 28.4 Å². The predicted molar refractivity (Wildman–Crippen MR) is 81.4 cm³/mol. The highest BCUT2D eigenvalue weighted by atomic mass is 19.1. The summed E-state index contributed by atoms with van der Waals surface area (Å²) in [5, 5.41) is 10.1. The number of aromatic hydroxyl groups is 1. The molecule has 0 spiro atoms. The molecule has 4 heteroatoms. The standard InChI is InChI=1S/C17H18FNO2/c1-11-6-4-5-7-16(11)19(3)10-13-8-14(18)9-15(12(2)20)17(13)21/h4-9,21H,10H2,1-3H3. The van der Waals surface area contributed by atoms with Crippen molar-refractivity contribution >= 4 is 11.5 Å². The third-order valence-electron chi connectivity index (χ3n) is 3.47. The number of hydrogen-bond donors (Lipinski definition) is 1. The van der Waals surface area contributed by atoms with Crippen LogP contribution >= 0.6 is 0 Å². The normalized spacial score (nSPS) is 10.5. The molecule has 0 amide bonds. The Morgan fingerprint density at radius 1 is 1.29 bits per heavy atom. The van der Waals surface area contributed by atoms with Crippen LogP contribution in [0.15, 0.2) is 36.4 Å². The number of para-hydroxylation sites is 1. The highest BCUT2D eigenvalue weighted by Gasteiger charge is 2.15. The van der Waals surface area contributed by atoms with E-state index in [0.29, 0.717) is 12.1 Å². The van der Waals surface area contributed by atoms with E-state index in [1.165, 1.54) is 13.0 Å². The molecule has 21 heavy (non-hydrogen) atoms. The Balaban J connectivity index is 2.36. The van der Waals surface area contributed by atoms with E-state index in [0.717, 1.165) is 17.3 Å². The third kappa shape index (κ3) is 3.21. The van der Waals surface area contributed by atoms with Gasteiger partial charge in [-0.25, -0.2) is 4.39 Å². The monoisotopic (exact) mass is 287 g/mol. The van der Waals surface area contributed by atoms with E-state index >= 15 is 0 Å². The number of rotatable bonds is 4. The van der Waals surface area contributed by atoms with Crippen LogP contribution in [0.3, 0.4) is 0 Å². The summed E-state index contributed by atoms with van der Waals surface area (Å²) in [5.74, 6) is -1.03. The molecule has 0 bridgehead atoms. The predicted octanol–water partition coefficient (Wildman–Crippen LogP) is 3.68. The van der Waals surface area contributed by atoms with Crippen LogP contribution in [-0.2, 0) is 6.54 Å². The molecule has 0 aliphatic heterocycles. The van der Waals surface area contributed by atoms with E-state index in [2.05, 4.69) is 0 Å². The van der Waals surface area contributed by atoms with Gasteiger partial charge in [0.1, 0.15) is 11.6 Å². The van der Waals surface area contributed by atoms with E-state index in [-0.39, 0.29) is 17.1 Å². The first-order valence-corrected chi connectivity index (χ1v) is 6.69. The molecule has 2 aromatic carbocycles. The maximum Gasteiger partial charge on any atom is 0.163 e. The first kappa shape index (κ1) is 15.0. The zero-order chi connectivity index (χ0) is 15.6. The van der Waals surface area contributed by atoms with E-state index in [1.54, 1.807) is 0 Å². The summed E-state index contributed by atoms with van der Waals surface area (Å²) in [5.41, 5.74) is 2.49. The molecule has 0 heterocycles. The summed E-state index contributed by atoms with van der Waals surface area (Å²) in [6.07, 6.45) is 0. The zero-order valence-corrected chi connectivity index (χ0v) is 12.4. The Kier molecular flexibility index (Phi) is 4.26. The molecule has 0 radical (unpaired) electrons. The van der Waals surface area contributed by atoms with Gasteiger partial charge >= 0.3 is 0 Å². The second-order valence-corrected chi connectivity index (χ2v) is 5.16. The Morgan fingerprint density at radius 3 is 2.57 bits per heavy atom. The lowest BCUT2D eigenvalue weighted by molar-refractivity contribution is 0.101. The minimum absolute atomic E-state index is 0.0168. The number of ketones is 1. The quantitative estimate of drug-likeness (QED) is 0.872. The number of phenols is 1. The molecule has 0 aliphatic rings. The van der Waals surface area contributed by atoms with Crippen LogP contribution in [0.25, 0.3) is 0 Å². The highest BCUT2D eigenvalue weighted by Crippen LogP contribution is 2.28. The van der Waals surface area contributed by atoms with Crippen molar-refractivity contribution < 1.29 is 14.3 Å². The number of phenolic OH excluding ortho intramolecular Hbond substituents is 1. The van der Waals surface area contributed by atoms with Gasteiger partial charge in [-0.15, -0.1) is 0 Å². The summed E-state index contributed by atoms with van der Waals surface area (Å²) in [6, 6.07) is 10.1. The van der Waals surface area contributed by atoms with Gasteiger partial charge in [-0.2, -0.15) is 0 Å². The molecule has 0 aliphatic carbocycles. The number of nitrogens with zero attached hydrogens (tertiary/aromatic N) is 1. The van der Waals surface area contributed by atoms with Crippen LogP contribution in [0.5, 0.6) is 5.75 Å². The number of carbonyl (C=O) groups is 1. The van der Waals surface area contributed by atoms with E-state index in [9.17, 15) is 14.3 Å². The first-order valence-electron chi connectivity index (χ1n) is 6.69. The molecule has 0 fully saturated rings. The van der Waals surface area contributed by atoms with Crippen molar-refractivity contribution in [3.05, 3.63) is 58.9 Å². The molecule has 0 saturated carbocycles. The third-order valence-corrected chi connectivity index (χ3v) is 3.47. The van der Waals surface area contributed by atoms with Crippen molar-refractivity contribution in [2.45, 2.75) is 20.4 Å². The van der Waals surface area contributed by atoms with E-state index in [1.807, 2.05) is 43.1 Å². The molecule has 110 valence electrons. The largest absolute Gasteiger partial charge is 0.507 e. The Hall–Kier alpha value is -2.36. The molecule has 0 saturated heterocycles. The summed E-state index contributed by atoms with van der Waals surface area (Å²) >= 11 is 0. The topological polar surface area (TPSA) is 40.5 Å². The van der Waals surface area contributed by atoms with E-state index < -0.39 is 5.82 Å². The Morgan fingerprint density at radius 2 is 1.95 bits per heavy atom. The van der Waals surface area contributed by atoms with Gasteiger partial charge < -0.3 is 10.0 Å². The lowest BCUT2D eigenvalue weighted by Gasteiger charge is -2.22. The summed E-state index contributed by atoms with van der Waals surface area (Å²) in [6.45, 7) is 3.61. The first-order chi connectivity index (χ1) is 9.90. The molecule has 0 unspecified atom stereocenters. The number of benzene rings is 2. The van der Waals surface area contributed by atoms with Gasteiger partial charge in [0, 0.05) is 24.8 Å². The molecular formula is C17H18FNO2. The van der Waals surface area contributed by atoms with Gasteiger partial charge in [-0.05, 0) is 37.6 Å². The summed E-state index contributed by atoms with van der Waals surface area (Å²) < 4.78 is 13.6. The molecule has 3 nitrogen and oxygen atoms in total. The van der Waals surface area contributed by atoms with Gasteiger partial charge in [-0.3, -0.25) is 4.79 Å². The van der Waals surface area contributed by atoms with Gasteiger partial charge in [0.15, 0.2) is 5.78 Å². The molecular weight excluding hydrogens is 269 g/mol. The van der Waals surface area contributed by atoms with Gasteiger partial charge in [0.2, 0.25) is 0 Å². The SMILES string of the molecule is CC(=O)c1cc(F)cc(CN(C)c2ccccc2C)c1O. The Labute approximate surface area is 123 Å². The number of Topliss-reactive ketones (excluding diaryl/α,β-unsaturated/α-hetero) is 1. The number of anilines is 1. The van der Waals surface area contributed by atoms with E-state index in [4.69, 9.17) is 0 Å². The van der Waals surface area contributed by atoms with Crippen molar-refractivity contribution in [3.63, 3.8) is 0 Å². The highest BCUT2D eigenvalue weighted by molar-refractivity contribution is 5.97. The van der Waals surface area contributed by atoms with Crippen LogP contribution in [0.4, 0.5) is 10.1 Å². The minimum atomic E-state index is -0.522. The van der Waals surface area contributed by atoms with Crippen molar-refractivity contribution in [3.8, 4) is 5.75 Å². The lowest BCUT2D eigenvalue weighted by atomic mass is 10.0. The fourth-order valence-corrected chi connectivity index (χ4v) is 2.38. The second-order valence-electron chi connectivity index (χ2n) is 5.16. The number of halogens is 1. The fourth-order valence-electron chi connectivity index (χ4n) is 2.38. The van der Waals surface area contributed by atoms with Crippen molar-refractivity contribution in [2.24, 2.45) is 0 Å². The van der Waals surface area contributed by atoms with Crippen molar-refractivity contribution in [1.29, 1.82) is 0 Å². The molecule has 2 rings (SSSR count).